The van der Waals surface area contributed by atoms with Gasteiger partial charge in [-0.2, -0.15) is 0 Å². The van der Waals surface area contributed by atoms with Crippen LogP contribution in [0.4, 0.5) is 0 Å². The molecule has 3 heterocycles. The van der Waals surface area contributed by atoms with Gasteiger partial charge in [0.2, 0.25) is 11.8 Å². The number of piperidine rings is 1. The first-order valence-corrected chi connectivity index (χ1v) is 13.5. The zero-order chi connectivity index (χ0) is 26.7. The number of ether oxygens (including phenoxy) is 2. The number of benzene rings is 1. The van der Waals surface area contributed by atoms with E-state index in [9.17, 15) is 14.4 Å². The highest BCUT2D eigenvalue weighted by Gasteiger charge is 2.60. The Hall–Kier alpha value is -3.39. The molecule has 1 aliphatic carbocycles. The quantitative estimate of drug-likeness (QED) is 0.520. The summed E-state index contributed by atoms with van der Waals surface area (Å²) in [7, 11) is 1.36. The lowest BCUT2D eigenvalue weighted by Crippen LogP contribution is -2.60. The number of fused-ring (bicyclic) bond motifs is 1. The third-order valence-corrected chi connectivity index (χ3v) is 8.38. The van der Waals surface area contributed by atoms with Crippen LogP contribution in [0.1, 0.15) is 56.8 Å². The first kappa shape index (κ1) is 26.2. The van der Waals surface area contributed by atoms with Crippen LogP contribution in [0, 0.1) is 17.3 Å². The monoisotopic (exact) mass is 520 g/mol. The lowest BCUT2D eigenvalue weighted by atomic mass is 9.66. The van der Waals surface area contributed by atoms with Gasteiger partial charge in [0.25, 0.3) is 0 Å². The molecule has 38 heavy (non-hydrogen) atoms. The summed E-state index contributed by atoms with van der Waals surface area (Å²) in [5.74, 6) is -0.655. The van der Waals surface area contributed by atoms with Crippen molar-refractivity contribution in [3.05, 3.63) is 71.8 Å². The molecule has 4 atom stereocenters. The molecule has 0 bridgehead atoms. The second-order valence-electron chi connectivity index (χ2n) is 10.7. The van der Waals surface area contributed by atoms with E-state index in [1.54, 1.807) is 23.3 Å². The molecule has 0 unspecified atom stereocenters. The van der Waals surface area contributed by atoms with Gasteiger partial charge in [-0.25, -0.2) is 0 Å². The third kappa shape index (κ3) is 5.01. The number of nitrogens with zero attached hydrogens (tertiary/aromatic N) is 1. The number of hydrogen-bond acceptors (Lipinski definition) is 6. The highest BCUT2D eigenvalue weighted by molar-refractivity contribution is 5.92. The number of likely N-dealkylation sites (tertiary alicyclic amines) is 1. The molecule has 2 aromatic rings. The van der Waals surface area contributed by atoms with Crippen LogP contribution in [-0.2, 0) is 36.9 Å². The minimum absolute atomic E-state index is 0.0366. The van der Waals surface area contributed by atoms with Crippen LogP contribution in [0.2, 0.25) is 0 Å². The Morgan fingerprint density at radius 3 is 2.58 bits per heavy atom. The molecule has 0 radical (unpaired) electrons. The Morgan fingerprint density at radius 2 is 1.89 bits per heavy atom. The molecule has 1 saturated carbocycles. The number of carbonyl (C=O) groups excluding carboxylic acids is 3. The fourth-order valence-corrected chi connectivity index (χ4v) is 6.36. The predicted octanol–water partition coefficient (Wildman–Crippen LogP) is 4.36. The molecule has 1 aromatic carbocycles. The topological polar surface area (TPSA) is 98.1 Å². The largest absolute Gasteiger partial charge is 0.468 e. The molecule has 2 aliphatic heterocycles. The maximum atomic E-state index is 14.0. The van der Waals surface area contributed by atoms with Gasteiger partial charge in [-0.05, 0) is 55.9 Å². The maximum absolute atomic E-state index is 14.0. The summed E-state index contributed by atoms with van der Waals surface area (Å²) in [6.07, 6.45) is 7.36. The molecule has 1 N–H and O–H groups in total. The summed E-state index contributed by atoms with van der Waals surface area (Å²) in [6.45, 7) is 2.43. The summed E-state index contributed by atoms with van der Waals surface area (Å²) < 4.78 is 17.4. The van der Waals surface area contributed by atoms with E-state index in [0.717, 1.165) is 31.2 Å². The van der Waals surface area contributed by atoms with Gasteiger partial charge < -0.3 is 24.1 Å². The van der Waals surface area contributed by atoms with Gasteiger partial charge in [0.05, 0.1) is 32.1 Å². The first-order valence-electron chi connectivity index (χ1n) is 13.5. The Labute approximate surface area is 223 Å². The number of furan rings is 1. The minimum atomic E-state index is -1.20. The number of methoxy groups -OCH3 is 1. The molecule has 2 amide bonds. The van der Waals surface area contributed by atoms with Crippen LogP contribution in [0.5, 0.6) is 0 Å². The SMILES string of the molecule is COC(=O)[C@]12C[C@H](CC(=O)NCc3ccccc3)C(=O)N(Cc3ccco3)C1=C[C@H](C1CCCC1)O[C@@H]2C. The molecule has 0 spiro atoms. The summed E-state index contributed by atoms with van der Waals surface area (Å²) >= 11 is 0. The molecule has 202 valence electrons. The summed E-state index contributed by atoms with van der Waals surface area (Å²) in [5.41, 5.74) is 0.385. The second-order valence-corrected chi connectivity index (χ2v) is 10.7. The van der Waals surface area contributed by atoms with E-state index in [-0.39, 0.29) is 37.3 Å². The second kappa shape index (κ2) is 11.2. The number of esters is 1. The van der Waals surface area contributed by atoms with E-state index < -0.39 is 23.4 Å². The van der Waals surface area contributed by atoms with Crippen molar-refractivity contribution in [3.63, 3.8) is 0 Å². The molecule has 3 aliphatic rings. The fourth-order valence-electron chi connectivity index (χ4n) is 6.36. The van der Waals surface area contributed by atoms with Gasteiger partial charge >= 0.3 is 5.97 Å². The lowest BCUT2D eigenvalue weighted by Gasteiger charge is -2.52. The molecule has 1 aromatic heterocycles. The van der Waals surface area contributed by atoms with E-state index in [4.69, 9.17) is 13.9 Å². The normalized spacial score (nSPS) is 27.5. The van der Waals surface area contributed by atoms with Crippen LogP contribution < -0.4 is 5.32 Å². The van der Waals surface area contributed by atoms with Gasteiger partial charge in [0, 0.05) is 24.6 Å². The smallest absolute Gasteiger partial charge is 0.320 e. The number of carbonyl (C=O) groups is 3. The van der Waals surface area contributed by atoms with Crippen LogP contribution in [0.25, 0.3) is 0 Å². The van der Waals surface area contributed by atoms with E-state index >= 15 is 0 Å². The highest BCUT2D eigenvalue weighted by Crippen LogP contribution is 2.52. The van der Waals surface area contributed by atoms with Crippen LogP contribution in [-0.4, -0.2) is 42.0 Å². The van der Waals surface area contributed by atoms with Crippen molar-refractivity contribution in [2.75, 3.05) is 7.11 Å². The van der Waals surface area contributed by atoms with Gasteiger partial charge in [-0.3, -0.25) is 14.4 Å². The fraction of sp³-hybridized carbons (Fsp3) is 0.500. The zero-order valence-electron chi connectivity index (χ0n) is 22.1. The highest BCUT2D eigenvalue weighted by atomic mass is 16.5. The molecular formula is C30H36N2O6. The number of rotatable bonds is 8. The predicted molar refractivity (Wildman–Crippen MR) is 139 cm³/mol. The Kier molecular flexibility index (Phi) is 7.70. The Balaban J connectivity index is 1.47. The van der Waals surface area contributed by atoms with E-state index in [1.807, 2.05) is 43.3 Å². The third-order valence-electron chi connectivity index (χ3n) is 8.38. The van der Waals surface area contributed by atoms with Crippen molar-refractivity contribution in [2.24, 2.45) is 17.3 Å². The molecule has 2 fully saturated rings. The van der Waals surface area contributed by atoms with E-state index in [1.165, 1.54) is 7.11 Å². The minimum Gasteiger partial charge on any atom is -0.468 e. The van der Waals surface area contributed by atoms with Gasteiger partial charge in [-0.15, -0.1) is 0 Å². The number of nitrogens with one attached hydrogen (secondary N) is 1. The van der Waals surface area contributed by atoms with Crippen molar-refractivity contribution >= 4 is 17.8 Å². The van der Waals surface area contributed by atoms with Gasteiger partial charge in [0.15, 0.2) is 0 Å². The van der Waals surface area contributed by atoms with Crippen LogP contribution in [0.15, 0.2) is 64.9 Å². The van der Waals surface area contributed by atoms with E-state index in [2.05, 4.69) is 5.32 Å². The molecule has 8 nitrogen and oxygen atoms in total. The van der Waals surface area contributed by atoms with Crippen molar-refractivity contribution in [1.29, 1.82) is 0 Å². The van der Waals surface area contributed by atoms with E-state index in [0.29, 0.717) is 23.9 Å². The summed E-state index contributed by atoms with van der Waals surface area (Å²) in [6, 6.07) is 13.2. The average molecular weight is 521 g/mol. The summed E-state index contributed by atoms with van der Waals surface area (Å²) in [5, 5.41) is 2.92. The summed E-state index contributed by atoms with van der Waals surface area (Å²) in [4.78, 5) is 42.2. The number of hydrogen-bond donors (Lipinski definition) is 1. The standard InChI is InChI=1S/C30H36N2O6/c1-20-30(29(35)36-2)17-23(15-27(33)31-18-21-9-4-3-5-10-21)28(34)32(19-24-13-8-14-37-24)26(30)16-25(38-20)22-11-6-7-12-22/h3-5,8-10,13-14,16,20,22-23,25H,6-7,11-12,15,17-19H2,1-2H3,(H,31,33)/t20-,23+,25-,30+/m1/s1. The molecular weight excluding hydrogens is 484 g/mol. The Bertz CT molecular complexity index is 1170. The molecule has 5 rings (SSSR count). The molecule has 8 heteroatoms. The lowest BCUT2D eigenvalue weighted by molar-refractivity contribution is -0.178. The van der Waals surface area contributed by atoms with Crippen molar-refractivity contribution in [2.45, 2.75) is 70.7 Å². The zero-order valence-corrected chi connectivity index (χ0v) is 22.1. The van der Waals surface area contributed by atoms with Gasteiger partial charge in [-0.1, -0.05) is 43.2 Å². The average Bonchev–Trinajstić information content (AvgIpc) is 3.65. The Morgan fingerprint density at radius 1 is 1.13 bits per heavy atom. The van der Waals surface area contributed by atoms with Crippen molar-refractivity contribution in [1.82, 2.24) is 10.2 Å². The maximum Gasteiger partial charge on any atom is 0.320 e. The number of amides is 2. The van der Waals surface area contributed by atoms with Crippen LogP contribution in [0.3, 0.4) is 0 Å². The van der Waals surface area contributed by atoms with Crippen LogP contribution >= 0.6 is 0 Å². The van der Waals surface area contributed by atoms with Gasteiger partial charge in [0.1, 0.15) is 11.2 Å². The van der Waals surface area contributed by atoms with Crippen molar-refractivity contribution < 1.29 is 28.3 Å². The molecule has 1 saturated heterocycles. The first-order chi connectivity index (χ1) is 18.4. The van der Waals surface area contributed by atoms with Crippen molar-refractivity contribution in [3.8, 4) is 0 Å².